The van der Waals surface area contributed by atoms with Gasteiger partial charge in [-0.05, 0) is 31.5 Å². The number of benzene rings is 1. The molecule has 0 fully saturated rings. The zero-order chi connectivity index (χ0) is 13.1. The molecule has 4 nitrogen and oxygen atoms in total. The highest BCUT2D eigenvalue weighted by atomic mass is 35.5. The second-order valence-electron chi connectivity index (χ2n) is 3.93. The van der Waals surface area contributed by atoms with Gasteiger partial charge in [0, 0.05) is 11.1 Å². The van der Waals surface area contributed by atoms with Crippen molar-refractivity contribution in [2.45, 2.75) is 25.1 Å². The smallest absolute Gasteiger partial charge is 0.217 e. The van der Waals surface area contributed by atoms with Crippen LogP contribution in [0.15, 0.2) is 24.3 Å². The van der Waals surface area contributed by atoms with Crippen LogP contribution in [0.2, 0.25) is 5.02 Å². The molecule has 2 unspecified atom stereocenters. The summed E-state index contributed by atoms with van der Waals surface area (Å²) in [6, 6.07) is 6.61. The Kier molecular flexibility index (Phi) is 4.94. The largest absolute Gasteiger partial charge is 0.395 e. The molecule has 17 heavy (non-hydrogen) atoms. The summed E-state index contributed by atoms with van der Waals surface area (Å²) < 4.78 is 26.0. The zero-order valence-electron chi connectivity index (χ0n) is 9.72. The normalized spacial score (nSPS) is 15.5. The third-order valence-corrected chi connectivity index (χ3v) is 4.60. The van der Waals surface area contributed by atoms with E-state index in [-0.39, 0.29) is 6.04 Å². The van der Waals surface area contributed by atoms with Gasteiger partial charge in [-0.1, -0.05) is 23.7 Å². The maximum absolute atomic E-state index is 11.7. The Bertz CT molecular complexity index is 475. The lowest BCUT2D eigenvalue weighted by molar-refractivity contribution is 0.294. The predicted molar refractivity (Wildman–Crippen MR) is 68.5 cm³/mol. The first-order valence-corrected chi connectivity index (χ1v) is 7.16. The minimum Gasteiger partial charge on any atom is -0.395 e. The van der Waals surface area contributed by atoms with Crippen LogP contribution in [0.25, 0.3) is 0 Å². The molecule has 0 heterocycles. The summed E-state index contributed by atoms with van der Waals surface area (Å²) in [5.41, 5.74) is 0.784. The second kappa shape index (κ2) is 5.82. The highest BCUT2D eigenvalue weighted by molar-refractivity contribution is 7.90. The van der Waals surface area contributed by atoms with Gasteiger partial charge in [0.1, 0.15) is 0 Å². The monoisotopic (exact) mass is 277 g/mol. The molecule has 6 heteroatoms. The van der Waals surface area contributed by atoms with Crippen LogP contribution in [0.3, 0.4) is 0 Å². The number of nitrogens with one attached hydrogen (secondary N) is 1. The second-order valence-corrected chi connectivity index (χ2v) is 6.50. The van der Waals surface area contributed by atoms with Crippen molar-refractivity contribution in [1.82, 2.24) is 4.72 Å². The molecule has 1 aromatic carbocycles. The van der Waals surface area contributed by atoms with Crippen LogP contribution in [-0.2, 0) is 10.0 Å². The lowest BCUT2D eigenvalue weighted by Gasteiger charge is -2.17. The number of sulfonamides is 1. The minimum absolute atomic E-state index is 0.382. The van der Waals surface area contributed by atoms with Crippen LogP contribution >= 0.6 is 11.6 Å². The first-order valence-electron chi connectivity index (χ1n) is 5.24. The van der Waals surface area contributed by atoms with Crippen LogP contribution in [0.1, 0.15) is 25.5 Å². The van der Waals surface area contributed by atoms with Crippen molar-refractivity contribution in [2.24, 2.45) is 0 Å². The van der Waals surface area contributed by atoms with E-state index in [4.69, 9.17) is 16.7 Å². The maximum atomic E-state index is 11.7. The Hall–Kier alpha value is -0.620. The van der Waals surface area contributed by atoms with E-state index >= 15 is 0 Å². The van der Waals surface area contributed by atoms with Gasteiger partial charge in [-0.15, -0.1) is 0 Å². The van der Waals surface area contributed by atoms with Crippen LogP contribution in [0, 0.1) is 0 Å². The Balaban J connectivity index is 2.83. The lowest BCUT2D eigenvalue weighted by atomic mass is 10.1. The quantitative estimate of drug-likeness (QED) is 0.861. The molecule has 0 radical (unpaired) electrons. The summed E-state index contributed by atoms with van der Waals surface area (Å²) in [5, 5.41) is 8.59. The summed E-state index contributed by atoms with van der Waals surface area (Å²) in [5.74, 6) is 0. The van der Waals surface area contributed by atoms with Crippen LogP contribution < -0.4 is 4.72 Å². The van der Waals surface area contributed by atoms with Crippen LogP contribution in [0.4, 0.5) is 0 Å². The topological polar surface area (TPSA) is 66.4 Å². The first-order chi connectivity index (χ1) is 7.86. The highest BCUT2D eigenvalue weighted by Crippen LogP contribution is 2.18. The van der Waals surface area contributed by atoms with Gasteiger partial charge in [-0.2, -0.15) is 0 Å². The predicted octanol–water partition coefficient (Wildman–Crippen LogP) is 1.70. The van der Waals surface area contributed by atoms with Crippen molar-refractivity contribution >= 4 is 21.6 Å². The summed E-state index contributed by atoms with van der Waals surface area (Å²) in [4.78, 5) is 0. The Labute approximate surface area is 107 Å². The van der Waals surface area contributed by atoms with E-state index in [2.05, 4.69) is 4.72 Å². The number of hydrogen-bond acceptors (Lipinski definition) is 3. The molecule has 0 aromatic heterocycles. The Morgan fingerprint density at radius 3 is 2.59 bits per heavy atom. The number of rotatable bonds is 5. The van der Waals surface area contributed by atoms with E-state index in [1.165, 1.54) is 6.92 Å². The molecule has 1 rings (SSSR count). The fourth-order valence-corrected chi connectivity index (χ4v) is 2.56. The highest BCUT2D eigenvalue weighted by Gasteiger charge is 2.22. The summed E-state index contributed by atoms with van der Waals surface area (Å²) in [6.45, 7) is 2.78. The van der Waals surface area contributed by atoms with Crippen LogP contribution in [-0.4, -0.2) is 25.4 Å². The van der Waals surface area contributed by atoms with Gasteiger partial charge < -0.3 is 5.11 Å². The summed E-state index contributed by atoms with van der Waals surface area (Å²) in [7, 11) is -3.51. The molecule has 2 N–H and O–H groups in total. The van der Waals surface area contributed by atoms with E-state index in [9.17, 15) is 8.42 Å². The molecule has 0 spiro atoms. The van der Waals surface area contributed by atoms with Gasteiger partial charge in [0.2, 0.25) is 10.0 Å². The molecular weight excluding hydrogens is 262 g/mol. The minimum atomic E-state index is -3.51. The molecule has 2 atom stereocenters. The van der Waals surface area contributed by atoms with E-state index < -0.39 is 21.9 Å². The van der Waals surface area contributed by atoms with Crippen molar-refractivity contribution in [3.63, 3.8) is 0 Å². The number of aliphatic hydroxyl groups excluding tert-OH is 1. The molecule has 0 aliphatic carbocycles. The lowest BCUT2D eigenvalue weighted by Crippen LogP contribution is -2.36. The maximum Gasteiger partial charge on any atom is 0.217 e. The Morgan fingerprint density at radius 2 is 2.06 bits per heavy atom. The Morgan fingerprint density at radius 1 is 1.41 bits per heavy atom. The molecule has 0 amide bonds. The molecule has 0 bridgehead atoms. The van der Waals surface area contributed by atoms with E-state index in [0.29, 0.717) is 5.02 Å². The van der Waals surface area contributed by atoms with Crippen molar-refractivity contribution in [3.05, 3.63) is 34.9 Å². The SMILES string of the molecule is CC(NS(=O)(=O)C(C)CO)c1cccc(Cl)c1. The molecule has 0 saturated heterocycles. The van der Waals surface area contributed by atoms with Gasteiger partial charge >= 0.3 is 0 Å². The molecular formula is C11H16ClNO3S. The molecule has 0 saturated carbocycles. The third-order valence-electron chi connectivity index (χ3n) is 2.48. The van der Waals surface area contributed by atoms with Crippen molar-refractivity contribution in [1.29, 1.82) is 0 Å². The van der Waals surface area contributed by atoms with E-state index in [1.54, 1.807) is 31.2 Å². The van der Waals surface area contributed by atoms with Gasteiger partial charge in [0.15, 0.2) is 0 Å². The first kappa shape index (κ1) is 14.4. The van der Waals surface area contributed by atoms with Gasteiger partial charge in [0.25, 0.3) is 0 Å². The van der Waals surface area contributed by atoms with Gasteiger partial charge in [-0.3, -0.25) is 0 Å². The van der Waals surface area contributed by atoms with E-state index in [0.717, 1.165) is 5.56 Å². The zero-order valence-corrected chi connectivity index (χ0v) is 11.3. The van der Waals surface area contributed by atoms with Crippen LogP contribution in [0.5, 0.6) is 0 Å². The summed E-state index contributed by atoms with van der Waals surface area (Å²) >= 11 is 5.83. The molecule has 0 aliphatic heterocycles. The fourth-order valence-electron chi connectivity index (χ4n) is 1.30. The average Bonchev–Trinajstić information content (AvgIpc) is 2.27. The van der Waals surface area contributed by atoms with Gasteiger partial charge in [-0.25, -0.2) is 13.1 Å². The number of aliphatic hydroxyl groups is 1. The van der Waals surface area contributed by atoms with Crippen molar-refractivity contribution in [2.75, 3.05) is 6.61 Å². The molecule has 1 aromatic rings. The van der Waals surface area contributed by atoms with E-state index in [1.807, 2.05) is 0 Å². The molecule has 96 valence electrons. The molecule has 0 aliphatic rings. The summed E-state index contributed by atoms with van der Waals surface area (Å²) in [6.07, 6.45) is 0. The van der Waals surface area contributed by atoms with Crippen molar-refractivity contribution < 1.29 is 13.5 Å². The van der Waals surface area contributed by atoms with Gasteiger partial charge in [0.05, 0.1) is 11.9 Å². The van der Waals surface area contributed by atoms with Crippen molar-refractivity contribution in [3.8, 4) is 0 Å². The number of halogens is 1. The standard InChI is InChI=1S/C11H16ClNO3S/c1-8(7-14)17(15,16)13-9(2)10-4-3-5-11(12)6-10/h3-6,8-9,13-14H,7H2,1-2H3. The fraction of sp³-hybridized carbons (Fsp3) is 0.455. The number of hydrogen-bond donors (Lipinski definition) is 2. The third kappa shape index (κ3) is 3.96. The average molecular weight is 278 g/mol.